The number of ether oxygens (including phenoxy) is 2. The van der Waals surface area contributed by atoms with Crippen molar-refractivity contribution in [3.05, 3.63) is 35.4 Å². The number of rotatable bonds is 8. The molecule has 0 fully saturated rings. The molecule has 0 saturated carbocycles. The predicted octanol–water partition coefficient (Wildman–Crippen LogP) is 1.00. The zero-order chi connectivity index (χ0) is 22.9. The maximum Gasteiger partial charge on any atom is 0.319 e. The summed E-state index contributed by atoms with van der Waals surface area (Å²) in [6, 6.07) is 6.60. The SMILES string of the molecule is CC(C)(C)OC=O.COC(=O)CNC[C@@H](C)[C@@H](O)CN1C(=O)c2ccccc2C1=O. The van der Waals surface area contributed by atoms with Crippen LogP contribution < -0.4 is 5.32 Å². The third-order valence-corrected chi connectivity index (χ3v) is 4.27. The second kappa shape index (κ2) is 11.4. The summed E-state index contributed by atoms with van der Waals surface area (Å²) < 4.78 is 9.05. The van der Waals surface area contributed by atoms with Crippen molar-refractivity contribution in [2.75, 3.05) is 26.7 Å². The van der Waals surface area contributed by atoms with Crippen LogP contribution in [0.25, 0.3) is 0 Å². The molecule has 1 aliphatic heterocycles. The highest BCUT2D eigenvalue weighted by Gasteiger charge is 2.36. The highest BCUT2D eigenvalue weighted by molar-refractivity contribution is 6.21. The lowest BCUT2D eigenvalue weighted by Crippen LogP contribution is -2.42. The van der Waals surface area contributed by atoms with Gasteiger partial charge in [0.25, 0.3) is 18.3 Å². The van der Waals surface area contributed by atoms with Crippen LogP contribution in [-0.2, 0) is 19.1 Å². The molecule has 0 spiro atoms. The molecule has 166 valence electrons. The molecule has 0 radical (unpaired) electrons. The van der Waals surface area contributed by atoms with Gasteiger partial charge in [-0.3, -0.25) is 24.1 Å². The van der Waals surface area contributed by atoms with Crippen molar-refractivity contribution in [3.63, 3.8) is 0 Å². The van der Waals surface area contributed by atoms with Crippen molar-refractivity contribution >= 4 is 24.3 Å². The molecular weight excluding hydrogens is 392 g/mol. The largest absolute Gasteiger partial charge is 0.468 e. The summed E-state index contributed by atoms with van der Waals surface area (Å²) in [6.07, 6.45) is -0.887. The summed E-state index contributed by atoms with van der Waals surface area (Å²) in [5.41, 5.74) is 0.407. The Hall–Kier alpha value is -2.78. The van der Waals surface area contributed by atoms with Gasteiger partial charge < -0.3 is 19.9 Å². The summed E-state index contributed by atoms with van der Waals surface area (Å²) in [5, 5.41) is 13.1. The van der Waals surface area contributed by atoms with Crippen LogP contribution in [0.2, 0.25) is 0 Å². The third-order valence-electron chi connectivity index (χ3n) is 4.27. The maximum absolute atomic E-state index is 12.2. The van der Waals surface area contributed by atoms with Gasteiger partial charge in [0.2, 0.25) is 0 Å². The van der Waals surface area contributed by atoms with Gasteiger partial charge in [0.05, 0.1) is 37.4 Å². The number of hydrogen-bond donors (Lipinski definition) is 2. The first-order chi connectivity index (χ1) is 14.0. The molecule has 2 atom stereocenters. The summed E-state index contributed by atoms with van der Waals surface area (Å²) in [4.78, 5) is 46.1. The number of amides is 2. The number of β-amino-alcohol motifs (C(OH)–C–C–N with tert-alkyl or cyclic N) is 1. The standard InChI is InChI=1S/C16H20N2O5.C5H10O2/c1-10(7-17-8-14(20)23-2)13(19)9-18-15(21)11-5-3-4-6-12(11)16(18)22;1-5(2,3)7-4-6/h3-6,10,13,17,19H,7-9H2,1-2H3;4H,1-3H3/t10-,13+;/m1./s1. The topological polar surface area (TPSA) is 122 Å². The van der Waals surface area contributed by atoms with Crippen LogP contribution in [0.1, 0.15) is 48.4 Å². The summed E-state index contributed by atoms with van der Waals surface area (Å²) in [6.45, 7) is 8.02. The summed E-state index contributed by atoms with van der Waals surface area (Å²) in [7, 11) is 1.30. The molecule has 1 aromatic carbocycles. The Kier molecular flexibility index (Phi) is 9.61. The van der Waals surface area contributed by atoms with E-state index in [9.17, 15) is 24.3 Å². The van der Waals surface area contributed by atoms with Gasteiger partial charge >= 0.3 is 5.97 Å². The molecular formula is C21H30N2O7. The van der Waals surface area contributed by atoms with Gasteiger partial charge in [0, 0.05) is 6.54 Å². The predicted molar refractivity (Wildman–Crippen MR) is 109 cm³/mol. The number of aliphatic hydroxyl groups is 1. The van der Waals surface area contributed by atoms with Gasteiger partial charge in [0.15, 0.2) is 0 Å². The number of hydrogen-bond acceptors (Lipinski definition) is 8. The van der Waals surface area contributed by atoms with Crippen LogP contribution in [0.5, 0.6) is 0 Å². The second-order valence-corrected chi connectivity index (χ2v) is 7.84. The lowest BCUT2D eigenvalue weighted by Gasteiger charge is -2.23. The number of carbonyl (C=O) groups excluding carboxylic acids is 4. The monoisotopic (exact) mass is 422 g/mol. The van der Waals surface area contributed by atoms with Gasteiger partial charge in [-0.2, -0.15) is 0 Å². The highest BCUT2D eigenvalue weighted by Crippen LogP contribution is 2.23. The molecule has 2 amide bonds. The first kappa shape index (κ1) is 25.3. The minimum absolute atomic E-state index is 0.0422. The highest BCUT2D eigenvalue weighted by atomic mass is 16.5. The van der Waals surface area contributed by atoms with Gasteiger partial charge in [-0.1, -0.05) is 19.1 Å². The van der Waals surface area contributed by atoms with Crippen molar-refractivity contribution in [1.82, 2.24) is 10.2 Å². The molecule has 0 unspecified atom stereocenters. The van der Waals surface area contributed by atoms with Crippen molar-refractivity contribution in [2.24, 2.45) is 5.92 Å². The normalized spacial score (nSPS) is 14.9. The fourth-order valence-corrected chi connectivity index (χ4v) is 2.53. The van der Waals surface area contributed by atoms with E-state index in [4.69, 9.17) is 0 Å². The number of carbonyl (C=O) groups is 4. The van der Waals surface area contributed by atoms with Crippen LogP contribution in [-0.4, -0.2) is 72.7 Å². The van der Waals surface area contributed by atoms with Gasteiger partial charge in [-0.05, 0) is 38.8 Å². The van der Waals surface area contributed by atoms with E-state index in [0.717, 1.165) is 4.90 Å². The Bertz CT molecular complexity index is 723. The lowest BCUT2D eigenvalue weighted by atomic mass is 10.0. The van der Waals surface area contributed by atoms with Crippen LogP contribution >= 0.6 is 0 Å². The molecule has 0 aliphatic carbocycles. The molecule has 0 aromatic heterocycles. The molecule has 9 nitrogen and oxygen atoms in total. The van der Waals surface area contributed by atoms with Crippen molar-refractivity contribution in [3.8, 4) is 0 Å². The maximum atomic E-state index is 12.2. The van der Waals surface area contributed by atoms with Gasteiger partial charge in [-0.15, -0.1) is 0 Å². The van der Waals surface area contributed by atoms with E-state index < -0.39 is 12.1 Å². The van der Waals surface area contributed by atoms with Gasteiger partial charge in [-0.25, -0.2) is 0 Å². The molecule has 1 aliphatic rings. The number of methoxy groups -OCH3 is 1. The van der Waals surface area contributed by atoms with Crippen molar-refractivity contribution in [2.45, 2.75) is 39.4 Å². The van der Waals surface area contributed by atoms with E-state index in [1.165, 1.54) is 7.11 Å². The number of esters is 1. The molecule has 9 heteroatoms. The Labute approximate surface area is 176 Å². The van der Waals surface area contributed by atoms with E-state index in [1.807, 2.05) is 20.8 Å². The second-order valence-electron chi connectivity index (χ2n) is 7.84. The lowest BCUT2D eigenvalue weighted by molar-refractivity contribution is -0.140. The Balaban J connectivity index is 0.000000553. The van der Waals surface area contributed by atoms with Crippen molar-refractivity contribution in [1.29, 1.82) is 0 Å². The van der Waals surface area contributed by atoms with Gasteiger partial charge in [0.1, 0.15) is 5.60 Å². The minimum atomic E-state index is -0.887. The third kappa shape index (κ3) is 7.57. The summed E-state index contributed by atoms with van der Waals surface area (Å²) >= 11 is 0. The summed E-state index contributed by atoms with van der Waals surface area (Å²) in [5.74, 6) is -1.42. The fourth-order valence-electron chi connectivity index (χ4n) is 2.53. The smallest absolute Gasteiger partial charge is 0.319 e. The molecule has 30 heavy (non-hydrogen) atoms. The van der Waals surface area contributed by atoms with E-state index >= 15 is 0 Å². The molecule has 2 N–H and O–H groups in total. The van der Waals surface area contributed by atoms with Crippen LogP contribution in [0, 0.1) is 5.92 Å². The number of aliphatic hydroxyl groups excluding tert-OH is 1. The first-order valence-electron chi connectivity index (χ1n) is 9.54. The van der Waals surface area contributed by atoms with E-state index in [1.54, 1.807) is 31.2 Å². The van der Waals surface area contributed by atoms with Crippen LogP contribution in [0.3, 0.4) is 0 Å². The molecule has 0 bridgehead atoms. The molecule has 1 aromatic rings. The Morgan fingerprint density at radius 1 is 1.20 bits per heavy atom. The number of fused-ring (bicyclic) bond motifs is 1. The van der Waals surface area contributed by atoms with E-state index in [0.29, 0.717) is 24.1 Å². The van der Waals surface area contributed by atoms with Crippen LogP contribution in [0.15, 0.2) is 24.3 Å². The molecule has 2 rings (SSSR count). The zero-order valence-electron chi connectivity index (χ0n) is 18.0. The fraction of sp³-hybridized carbons (Fsp3) is 0.524. The zero-order valence-corrected chi connectivity index (χ0v) is 18.0. The number of imide groups is 1. The average molecular weight is 422 g/mol. The van der Waals surface area contributed by atoms with Crippen molar-refractivity contribution < 1.29 is 33.8 Å². The minimum Gasteiger partial charge on any atom is -0.468 e. The first-order valence-corrected chi connectivity index (χ1v) is 9.54. The quantitative estimate of drug-likeness (QED) is 0.361. The van der Waals surface area contributed by atoms with E-state index in [2.05, 4.69) is 14.8 Å². The Morgan fingerprint density at radius 2 is 1.73 bits per heavy atom. The number of nitrogens with one attached hydrogen (secondary N) is 1. The number of nitrogens with zero attached hydrogens (tertiary/aromatic N) is 1. The number of benzene rings is 1. The molecule has 0 saturated heterocycles. The molecule has 1 heterocycles. The Morgan fingerprint density at radius 3 is 2.13 bits per heavy atom. The van der Waals surface area contributed by atoms with Crippen LogP contribution in [0.4, 0.5) is 0 Å². The average Bonchev–Trinajstić information content (AvgIpc) is 2.92. The van der Waals surface area contributed by atoms with E-state index in [-0.39, 0.29) is 36.4 Å².